The SMILES string of the molecule is CCC(NC(=O)c1ccc(OC)c(O)c1)c1ccccc1. The summed E-state index contributed by atoms with van der Waals surface area (Å²) in [5.74, 6) is 0.0863. The van der Waals surface area contributed by atoms with Crippen LogP contribution >= 0.6 is 0 Å². The molecule has 4 nitrogen and oxygen atoms in total. The third kappa shape index (κ3) is 3.54. The highest BCUT2D eigenvalue weighted by Crippen LogP contribution is 2.26. The first kappa shape index (κ1) is 14.9. The van der Waals surface area contributed by atoms with Crippen LogP contribution in [0.25, 0.3) is 0 Å². The van der Waals surface area contributed by atoms with Gasteiger partial charge in [0, 0.05) is 5.56 Å². The van der Waals surface area contributed by atoms with Gasteiger partial charge in [-0.25, -0.2) is 0 Å². The minimum absolute atomic E-state index is 0.0436. The van der Waals surface area contributed by atoms with Crippen LogP contribution in [0.1, 0.15) is 35.3 Å². The number of rotatable bonds is 5. The molecule has 2 rings (SSSR count). The number of aromatic hydroxyl groups is 1. The average molecular weight is 285 g/mol. The highest BCUT2D eigenvalue weighted by atomic mass is 16.5. The second kappa shape index (κ2) is 6.79. The standard InChI is InChI=1S/C17H19NO3/c1-3-14(12-7-5-4-6-8-12)18-17(20)13-9-10-16(21-2)15(19)11-13/h4-11,14,19H,3H2,1-2H3,(H,18,20). The molecule has 0 heterocycles. The lowest BCUT2D eigenvalue weighted by Gasteiger charge is -2.17. The molecule has 110 valence electrons. The van der Waals surface area contributed by atoms with Crippen LogP contribution in [-0.4, -0.2) is 18.1 Å². The normalized spacial score (nSPS) is 11.7. The summed E-state index contributed by atoms with van der Waals surface area (Å²) < 4.78 is 4.97. The Bertz CT molecular complexity index is 611. The number of benzene rings is 2. The van der Waals surface area contributed by atoms with Gasteiger partial charge in [-0.2, -0.15) is 0 Å². The van der Waals surface area contributed by atoms with Crippen molar-refractivity contribution in [1.29, 1.82) is 0 Å². The molecule has 0 aliphatic heterocycles. The van der Waals surface area contributed by atoms with E-state index >= 15 is 0 Å². The zero-order valence-corrected chi connectivity index (χ0v) is 12.2. The monoisotopic (exact) mass is 285 g/mol. The number of phenolic OH excluding ortho intramolecular Hbond substituents is 1. The van der Waals surface area contributed by atoms with E-state index in [-0.39, 0.29) is 17.7 Å². The van der Waals surface area contributed by atoms with Crippen LogP contribution in [0.15, 0.2) is 48.5 Å². The van der Waals surface area contributed by atoms with Gasteiger partial charge in [0.1, 0.15) is 0 Å². The van der Waals surface area contributed by atoms with Crippen LogP contribution in [0, 0.1) is 0 Å². The first-order valence-corrected chi connectivity index (χ1v) is 6.88. The number of hydrogen-bond donors (Lipinski definition) is 2. The highest BCUT2D eigenvalue weighted by Gasteiger charge is 2.15. The van der Waals surface area contributed by atoms with E-state index in [2.05, 4.69) is 5.32 Å². The van der Waals surface area contributed by atoms with Crippen molar-refractivity contribution in [2.45, 2.75) is 19.4 Å². The van der Waals surface area contributed by atoms with E-state index in [1.165, 1.54) is 13.2 Å². The van der Waals surface area contributed by atoms with Crippen molar-refractivity contribution in [2.24, 2.45) is 0 Å². The molecule has 1 amide bonds. The molecular formula is C17H19NO3. The Morgan fingerprint density at radius 3 is 2.52 bits per heavy atom. The molecule has 21 heavy (non-hydrogen) atoms. The number of carbonyl (C=O) groups excluding carboxylic acids is 1. The van der Waals surface area contributed by atoms with E-state index in [1.54, 1.807) is 12.1 Å². The number of methoxy groups -OCH3 is 1. The predicted octanol–water partition coefficient (Wildman–Crippen LogP) is 3.28. The average Bonchev–Trinajstić information content (AvgIpc) is 2.53. The van der Waals surface area contributed by atoms with Crippen LogP contribution in [0.2, 0.25) is 0 Å². The number of ether oxygens (including phenoxy) is 1. The molecule has 0 radical (unpaired) electrons. The van der Waals surface area contributed by atoms with Gasteiger partial charge in [-0.1, -0.05) is 37.3 Å². The van der Waals surface area contributed by atoms with Crippen molar-refractivity contribution >= 4 is 5.91 Å². The Kier molecular flexibility index (Phi) is 4.82. The number of nitrogens with one attached hydrogen (secondary N) is 1. The van der Waals surface area contributed by atoms with Gasteiger partial charge in [-0.15, -0.1) is 0 Å². The summed E-state index contributed by atoms with van der Waals surface area (Å²) in [5.41, 5.74) is 1.47. The van der Waals surface area contributed by atoms with Gasteiger partial charge in [0.25, 0.3) is 5.91 Å². The molecular weight excluding hydrogens is 266 g/mol. The van der Waals surface area contributed by atoms with Crippen molar-refractivity contribution in [3.8, 4) is 11.5 Å². The first-order chi connectivity index (χ1) is 10.2. The van der Waals surface area contributed by atoms with Gasteiger partial charge < -0.3 is 15.2 Å². The fourth-order valence-electron chi connectivity index (χ4n) is 2.18. The van der Waals surface area contributed by atoms with E-state index in [0.717, 1.165) is 12.0 Å². The molecule has 4 heteroatoms. The zero-order chi connectivity index (χ0) is 15.2. The summed E-state index contributed by atoms with van der Waals surface area (Å²) in [6, 6.07) is 14.4. The minimum atomic E-state index is -0.219. The van der Waals surface area contributed by atoms with Gasteiger partial charge in [0.15, 0.2) is 11.5 Å². The Balaban J connectivity index is 2.15. The van der Waals surface area contributed by atoms with Gasteiger partial charge in [0.2, 0.25) is 0 Å². The fraction of sp³-hybridized carbons (Fsp3) is 0.235. The fourth-order valence-corrected chi connectivity index (χ4v) is 2.18. The zero-order valence-electron chi connectivity index (χ0n) is 12.2. The van der Waals surface area contributed by atoms with Gasteiger partial charge in [-0.05, 0) is 30.2 Å². The third-order valence-corrected chi connectivity index (χ3v) is 3.36. The first-order valence-electron chi connectivity index (χ1n) is 6.88. The van der Waals surface area contributed by atoms with E-state index in [9.17, 15) is 9.90 Å². The quantitative estimate of drug-likeness (QED) is 0.886. The smallest absolute Gasteiger partial charge is 0.251 e. The second-order valence-corrected chi connectivity index (χ2v) is 4.73. The maximum absolute atomic E-state index is 12.3. The molecule has 1 unspecified atom stereocenters. The summed E-state index contributed by atoms with van der Waals surface area (Å²) in [6.45, 7) is 2.02. The minimum Gasteiger partial charge on any atom is -0.504 e. The van der Waals surface area contributed by atoms with E-state index < -0.39 is 0 Å². The molecule has 0 bridgehead atoms. The van der Waals surface area contributed by atoms with Gasteiger partial charge in [-0.3, -0.25) is 4.79 Å². The maximum Gasteiger partial charge on any atom is 0.251 e. The molecule has 1 atom stereocenters. The topological polar surface area (TPSA) is 58.6 Å². The van der Waals surface area contributed by atoms with Crippen LogP contribution in [0.3, 0.4) is 0 Å². The van der Waals surface area contributed by atoms with Crippen LogP contribution in [-0.2, 0) is 0 Å². The predicted molar refractivity (Wildman–Crippen MR) is 81.6 cm³/mol. The van der Waals surface area contributed by atoms with Crippen LogP contribution in [0.5, 0.6) is 11.5 Å². The molecule has 0 saturated heterocycles. The summed E-state index contributed by atoms with van der Waals surface area (Å²) in [6.07, 6.45) is 0.790. The molecule has 2 aromatic rings. The molecule has 0 spiro atoms. The number of carbonyl (C=O) groups is 1. The summed E-state index contributed by atoms with van der Waals surface area (Å²) >= 11 is 0. The van der Waals surface area contributed by atoms with Crippen molar-refractivity contribution < 1.29 is 14.6 Å². The Hall–Kier alpha value is -2.49. The summed E-state index contributed by atoms with van der Waals surface area (Å²) in [7, 11) is 1.47. The number of amides is 1. The van der Waals surface area contributed by atoms with Gasteiger partial charge >= 0.3 is 0 Å². The third-order valence-electron chi connectivity index (χ3n) is 3.36. The molecule has 2 aromatic carbocycles. The van der Waals surface area contributed by atoms with Crippen LogP contribution < -0.4 is 10.1 Å². The lowest BCUT2D eigenvalue weighted by Crippen LogP contribution is -2.28. The van der Waals surface area contributed by atoms with Crippen LogP contribution in [0.4, 0.5) is 0 Å². The molecule has 0 aromatic heterocycles. The van der Waals surface area contributed by atoms with E-state index in [1.807, 2.05) is 37.3 Å². The van der Waals surface area contributed by atoms with Crippen molar-refractivity contribution in [2.75, 3.05) is 7.11 Å². The second-order valence-electron chi connectivity index (χ2n) is 4.73. The molecule has 0 aliphatic rings. The Morgan fingerprint density at radius 2 is 1.95 bits per heavy atom. The molecule has 0 saturated carbocycles. The summed E-state index contributed by atoms with van der Waals surface area (Å²) in [5, 5.41) is 12.7. The summed E-state index contributed by atoms with van der Waals surface area (Å²) in [4.78, 5) is 12.3. The van der Waals surface area contributed by atoms with Crippen molar-refractivity contribution in [3.05, 3.63) is 59.7 Å². The Labute approximate surface area is 124 Å². The Morgan fingerprint density at radius 1 is 1.24 bits per heavy atom. The molecule has 0 aliphatic carbocycles. The van der Waals surface area contributed by atoms with Gasteiger partial charge in [0.05, 0.1) is 13.2 Å². The van der Waals surface area contributed by atoms with Crippen molar-refractivity contribution in [3.63, 3.8) is 0 Å². The molecule has 2 N–H and O–H groups in total. The lowest BCUT2D eigenvalue weighted by atomic mass is 10.0. The maximum atomic E-state index is 12.3. The van der Waals surface area contributed by atoms with E-state index in [0.29, 0.717) is 11.3 Å². The van der Waals surface area contributed by atoms with E-state index in [4.69, 9.17) is 4.74 Å². The molecule has 0 fully saturated rings. The largest absolute Gasteiger partial charge is 0.504 e. The van der Waals surface area contributed by atoms with Crippen molar-refractivity contribution in [1.82, 2.24) is 5.32 Å². The number of phenols is 1. The highest BCUT2D eigenvalue weighted by molar-refractivity contribution is 5.95. The number of hydrogen-bond acceptors (Lipinski definition) is 3. The lowest BCUT2D eigenvalue weighted by molar-refractivity contribution is 0.0935.